The third-order valence-corrected chi connectivity index (χ3v) is 4.03. The van der Waals surface area contributed by atoms with Gasteiger partial charge in [-0.2, -0.15) is 4.89 Å². The van der Waals surface area contributed by atoms with Crippen molar-refractivity contribution in [2.24, 2.45) is 0 Å². The number of carbonyl (C=O) groups excluding carboxylic acids is 1. The molecule has 0 saturated heterocycles. The molecule has 0 saturated carbocycles. The highest BCUT2D eigenvalue weighted by Crippen LogP contribution is 2.42. The maximum absolute atomic E-state index is 12.7. The number of hydrogen-bond donors (Lipinski definition) is 1. The van der Waals surface area contributed by atoms with E-state index in [1.165, 1.54) is 7.11 Å². The van der Waals surface area contributed by atoms with Crippen molar-refractivity contribution in [3.05, 3.63) is 70.3 Å². The number of benzene rings is 2. The number of methoxy groups -OCH3 is 1. The predicted molar refractivity (Wildman–Crippen MR) is 77.2 cm³/mol. The summed E-state index contributed by atoms with van der Waals surface area (Å²) < 4.78 is 5.48. The summed E-state index contributed by atoms with van der Waals surface area (Å²) in [5.74, 6) is -1.55. The second kappa shape index (κ2) is 5.07. The zero-order valence-electron chi connectivity index (χ0n) is 11.9. The van der Waals surface area contributed by atoms with E-state index >= 15 is 0 Å². The molecule has 1 N–H and O–H groups in total. The lowest BCUT2D eigenvalue weighted by Gasteiger charge is -2.35. The van der Waals surface area contributed by atoms with Crippen LogP contribution in [-0.2, 0) is 21.8 Å². The highest BCUT2D eigenvalue weighted by molar-refractivity contribution is 6.13. The van der Waals surface area contributed by atoms with Gasteiger partial charge in [-0.1, -0.05) is 43.3 Å². The van der Waals surface area contributed by atoms with Gasteiger partial charge in [0.1, 0.15) is 0 Å². The van der Waals surface area contributed by atoms with Crippen molar-refractivity contribution in [2.75, 3.05) is 7.11 Å². The van der Waals surface area contributed by atoms with Crippen molar-refractivity contribution in [3.8, 4) is 0 Å². The van der Waals surface area contributed by atoms with E-state index in [4.69, 9.17) is 9.62 Å². The summed E-state index contributed by atoms with van der Waals surface area (Å²) in [7, 11) is 1.44. The van der Waals surface area contributed by atoms with Crippen molar-refractivity contribution in [1.82, 2.24) is 0 Å². The topological polar surface area (TPSA) is 55.8 Å². The van der Waals surface area contributed by atoms with Crippen LogP contribution in [0.4, 0.5) is 0 Å². The first-order valence-corrected chi connectivity index (χ1v) is 6.83. The maximum atomic E-state index is 12.7. The normalized spacial score (nSPS) is 20.0. The van der Waals surface area contributed by atoms with Crippen LogP contribution in [0.1, 0.15) is 39.5 Å². The van der Waals surface area contributed by atoms with Crippen LogP contribution in [0.5, 0.6) is 0 Å². The zero-order chi connectivity index (χ0) is 15.0. The lowest BCUT2D eigenvalue weighted by Crippen LogP contribution is -2.39. The first-order valence-electron chi connectivity index (χ1n) is 6.83. The molecule has 3 rings (SSSR count). The van der Waals surface area contributed by atoms with Crippen LogP contribution >= 0.6 is 0 Å². The molecular formula is C17H16O4. The van der Waals surface area contributed by atoms with E-state index in [2.05, 4.69) is 0 Å². The van der Waals surface area contributed by atoms with E-state index in [0.29, 0.717) is 22.3 Å². The molecule has 21 heavy (non-hydrogen) atoms. The minimum atomic E-state index is -1.47. The number of aryl methyl sites for hydroxylation is 1. The number of fused-ring (bicyclic) bond motifs is 2. The largest absolute Gasteiger partial charge is 0.344 e. The van der Waals surface area contributed by atoms with Crippen molar-refractivity contribution in [2.45, 2.75) is 19.1 Å². The fraction of sp³-hybridized carbons (Fsp3) is 0.235. The molecule has 0 spiro atoms. The zero-order valence-corrected chi connectivity index (χ0v) is 11.9. The molecule has 0 fully saturated rings. The monoisotopic (exact) mass is 284 g/mol. The molecule has 0 heterocycles. The smallest absolute Gasteiger partial charge is 0.255 e. The molecule has 2 aromatic rings. The van der Waals surface area contributed by atoms with Crippen LogP contribution in [0.15, 0.2) is 42.5 Å². The fourth-order valence-corrected chi connectivity index (χ4v) is 2.90. The summed E-state index contributed by atoms with van der Waals surface area (Å²) in [6.07, 6.45) is 0.822. The molecule has 1 atom stereocenters. The Morgan fingerprint density at radius 1 is 1.10 bits per heavy atom. The molecule has 1 aliphatic rings. The van der Waals surface area contributed by atoms with E-state index in [-0.39, 0.29) is 5.78 Å². The van der Waals surface area contributed by atoms with Crippen LogP contribution in [0.2, 0.25) is 0 Å². The minimum absolute atomic E-state index is 0.0828. The molecule has 0 radical (unpaired) electrons. The Balaban J connectivity index is 2.35. The highest BCUT2D eigenvalue weighted by atomic mass is 17.1. The summed E-state index contributed by atoms with van der Waals surface area (Å²) in [6.45, 7) is 2.02. The Kier molecular flexibility index (Phi) is 3.37. The van der Waals surface area contributed by atoms with Gasteiger partial charge in [-0.15, -0.1) is 0 Å². The van der Waals surface area contributed by atoms with Crippen molar-refractivity contribution in [1.29, 1.82) is 0 Å². The Labute approximate surface area is 122 Å². The third kappa shape index (κ3) is 1.84. The Bertz CT molecular complexity index is 702. The second-order valence-corrected chi connectivity index (χ2v) is 5.02. The van der Waals surface area contributed by atoms with Gasteiger partial charge in [0.15, 0.2) is 5.78 Å². The summed E-state index contributed by atoms with van der Waals surface area (Å²) in [4.78, 5) is 17.4. The van der Waals surface area contributed by atoms with Gasteiger partial charge in [-0.05, 0) is 18.1 Å². The lowest BCUT2D eigenvalue weighted by molar-refractivity contribution is -0.390. The van der Waals surface area contributed by atoms with Crippen molar-refractivity contribution < 1.29 is 19.7 Å². The molecular weight excluding hydrogens is 268 g/mol. The first kappa shape index (κ1) is 13.9. The Hall–Kier alpha value is -2.01. The third-order valence-electron chi connectivity index (χ3n) is 4.03. The number of rotatable bonds is 3. The second-order valence-electron chi connectivity index (χ2n) is 5.02. The SMILES string of the molecule is CCc1ccc2c(c1)C(=O)c1ccccc1C2(OC)OO. The lowest BCUT2D eigenvalue weighted by atomic mass is 9.79. The number of hydrogen-bond acceptors (Lipinski definition) is 4. The van der Waals surface area contributed by atoms with Gasteiger partial charge in [0, 0.05) is 29.4 Å². The first-order chi connectivity index (χ1) is 10.2. The van der Waals surface area contributed by atoms with Gasteiger partial charge in [0.05, 0.1) is 0 Å². The summed E-state index contributed by atoms with van der Waals surface area (Å²) in [5.41, 5.74) is 3.06. The molecule has 0 aromatic heterocycles. The molecule has 0 amide bonds. The van der Waals surface area contributed by atoms with E-state index in [0.717, 1.165) is 12.0 Å². The van der Waals surface area contributed by atoms with Crippen LogP contribution in [0.3, 0.4) is 0 Å². The van der Waals surface area contributed by atoms with Gasteiger partial charge >= 0.3 is 0 Å². The van der Waals surface area contributed by atoms with Crippen LogP contribution in [0, 0.1) is 0 Å². The summed E-state index contributed by atoms with van der Waals surface area (Å²) in [5, 5.41) is 9.51. The molecule has 4 nitrogen and oxygen atoms in total. The van der Waals surface area contributed by atoms with E-state index in [1.54, 1.807) is 30.3 Å². The highest BCUT2D eigenvalue weighted by Gasteiger charge is 2.46. The standard InChI is InChI=1S/C17H16O4/c1-3-11-8-9-15-13(10-11)16(18)12-6-4-5-7-14(12)17(15,20-2)21-19/h4-10,19H,3H2,1-2H3. The Morgan fingerprint density at radius 3 is 2.48 bits per heavy atom. The molecule has 108 valence electrons. The number of ether oxygens (including phenoxy) is 1. The van der Waals surface area contributed by atoms with Gasteiger partial charge in [0.2, 0.25) is 0 Å². The average molecular weight is 284 g/mol. The van der Waals surface area contributed by atoms with Gasteiger partial charge in [0.25, 0.3) is 5.79 Å². The van der Waals surface area contributed by atoms with Crippen LogP contribution < -0.4 is 0 Å². The average Bonchev–Trinajstić information content (AvgIpc) is 2.56. The summed E-state index contributed by atoms with van der Waals surface area (Å²) in [6, 6.07) is 12.5. The van der Waals surface area contributed by atoms with E-state index < -0.39 is 5.79 Å². The molecule has 0 bridgehead atoms. The van der Waals surface area contributed by atoms with Crippen LogP contribution in [0.25, 0.3) is 0 Å². The van der Waals surface area contributed by atoms with Gasteiger partial charge in [-0.25, -0.2) is 5.26 Å². The van der Waals surface area contributed by atoms with Crippen molar-refractivity contribution in [3.63, 3.8) is 0 Å². The molecule has 2 aromatic carbocycles. The quantitative estimate of drug-likeness (QED) is 0.534. The molecule has 0 aliphatic heterocycles. The predicted octanol–water partition coefficient (Wildman–Crippen LogP) is 3.13. The van der Waals surface area contributed by atoms with E-state index in [9.17, 15) is 10.1 Å². The number of ketones is 1. The van der Waals surface area contributed by atoms with Gasteiger partial charge in [-0.3, -0.25) is 4.79 Å². The minimum Gasteiger partial charge on any atom is -0.344 e. The molecule has 4 heteroatoms. The maximum Gasteiger partial charge on any atom is 0.255 e. The van der Waals surface area contributed by atoms with Crippen molar-refractivity contribution >= 4 is 5.78 Å². The van der Waals surface area contributed by atoms with E-state index in [1.807, 2.05) is 19.1 Å². The van der Waals surface area contributed by atoms with Gasteiger partial charge < -0.3 is 4.74 Å². The molecule has 1 unspecified atom stereocenters. The fourth-order valence-electron chi connectivity index (χ4n) is 2.90. The van der Waals surface area contributed by atoms with Crippen LogP contribution in [-0.4, -0.2) is 18.2 Å². The Morgan fingerprint density at radius 2 is 1.81 bits per heavy atom. The number of carbonyl (C=O) groups is 1. The molecule has 1 aliphatic carbocycles. The summed E-state index contributed by atoms with van der Waals surface area (Å²) >= 11 is 0.